The Morgan fingerprint density at radius 3 is 2.26 bits per heavy atom. The third-order valence-electron chi connectivity index (χ3n) is 7.52. The maximum absolute atomic E-state index is 13.1. The van der Waals surface area contributed by atoms with Crippen LogP contribution < -0.4 is 10.6 Å². The van der Waals surface area contributed by atoms with Gasteiger partial charge in [0, 0.05) is 48.7 Å². The van der Waals surface area contributed by atoms with Crippen LogP contribution in [0.25, 0.3) is 34.2 Å². The number of nitrogens with zero attached hydrogens (tertiary/aromatic N) is 4. The van der Waals surface area contributed by atoms with E-state index in [2.05, 4.69) is 51.5 Å². The summed E-state index contributed by atoms with van der Waals surface area (Å²) in [6, 6.07) is 22.0. The molecular formula is C36H38N6O4. The molecule has 2 amide bonds. The lowest BCUT2D eigenvalue weighted by Gasteiger charge is -2.20. The van der Waals surface area contributed by atoms with Gasteiger partial charge in [0.15, 0.2) is 5.82 Å². The van der Waals surface area contributed by atoms with Crippen molar-refractivity contribution in [3.05, 3.63) is 107 Å². The Bertz CT molecular complexity index is 1780. The maximum Gasteiger partial charge on any atom is 0.261 e. The van der Waals surface area contributed by atoms with Gasteiger partial charge in [0.05, 0.1) is 5.56 Å². The summed E-state index contributed by atoms with van der Waals surface area (Å²) in [5.74, 6) is 0.684. The molecule has 0 radical (unpaired) electrons. The minimum atomic E-state index is -0.811. The van der Waals surface area contributed by atoms with Crippen LogP contribution in [0.2, 0.25) is 0 Å². The molecule has 0 aliphatic rings. The Balaban J connectivity index is 1.27. The molecule has 0 bridgehead atoms. The average molecular weight is 619 g/mol. The van der Waals surface area contributed by atoms with Gasteiger partial charge >= 0.3 is 0 Å². The highest BCUT2D eigenvalue weighted by atomic mass is 16.5. The molecule has 236 valence electrons. The molecule has 46 heavy (non-hydrogen) atoms. The van der Waals surface area contributed by atoms with Crippen molar-refractivity contribution in [3.8, 4) is 34.2 Å². The minimum absolute atomic E-state index is 0.0364. The minimum Gasteiger partial charge on any atom is -0.396 e. The molecule has 10 nitrogen and oxygen atoms in total. The topological polar surface area (TPSA) is 143 Å². The summed E-state index contributed by atoms with van der Waals surface area (Å²) in [5, 5.41) is 18.9. The zero-order chi connectivity index (χ0) is 32.7. The van der Waals surface area contributed by atoms with Crippen LogP contribution in [0.4, 0.5) is 0 Å². The normalized spacial score (nSPS) is 12.0. The second-order valence-corrected chi connectivity index (χ2v) is 12.2. The summed E-state index contributed by atoms with van der Waals surface area (Å²) < 4.78 is 5.45. The van der Waals surface area contributed by atoms with E-state index in [-0.39, 0.29) is 30.3 Å². The Morgan fingerprint density at radius 1 is 0.891 bits per heavy atom. The fourth-order valence-corrected chi connectivity index (χ4v) is 4.84. The first-order valence-corrected chi connectivity index (χ1v) is 15.2. The van der Waals surface area contributed by atoms with Crippen molar-refractivity contribution in [1.82, 2.24) is 30.7 Å². The first-order valence-electron chi connectivity index (χ1n) is 15.2. The molecule has 5 rings (SSSR count). The van der Waals surface area contributed by atoms with Crippen molar-refractivity contribution in [3.63, 3.8) is 0 Å². The van der Waals surface area contributed by atoms with E-state index in [9.17, 15) is 9.59 Å². The number of aliphatic hydroxyl groups excluding tert-OH is 1. The number of hydrogen-bond acceptors (Lipinski definition) is 8. The average Bonchev–Trinajstić information content (AvgIpc) is 3.55. The fraction of sp³-hybridized carbons (Fsp3) is 0.278. The summed E-state index contributed by atoms with van der Waals surface area (Å²) in [5.41, 5.74) is 5.76. The Hall–Kier alpha value is -5.22. The number of amides is 2. The van der Waals surface area contributed by atoms with E-state index in [4.69, 9.17) is 9.63 Å². The van der Waals surface area contributed by atoms with Gasteiger partial charge in [-0.15, -0.1) is 0 Å². The van der Waals surface area contributed by atoms with E-state index in [1.54, 1.807) is 24.5 Å². The van der Waals surface area contributed by atoms with Crippen LogP contribution in [-0.4, -0.2) is 56.2 Å². The fourth-order valence-electron chi connectivity index (χ4n) is 4.84. The van der Waals surface area contributed by atoms with Crippen molar-refractivity contribution >= 4 is 11.8 Å². The number of aliphatic hydroxyl groups is 1. The summed E-state index contributed by atoms with van der Waals surface area (Å²) in [4.78, 5) is 39.7. The molecule has 0 spiro atoms. The molecule has 1 atom stereocenters. The highest BCUT2D eigenvalue weighted by Gasteiger charge is 2.23. The van der Waals surface area contributed by atoms with E-state index in [1.807, 2.05) is 67.6 Å². The summed E-state index contributed by atoms with van der Waals surface area (Å²) in [6.45, 7) is 8.61. The van der Waals surface area contributed by atoms with Crippen LogP contribution in [0.5, 0.6) is 0 Å². The number of nitrogens with one attached hydrogen (secondary N) is 2. The van der Waals surface area contributed by atoms with Crippen LogP contribution in [0.1, 0.15) is 54.2 Å². The lowest BCUT2D eigenvalue weighted by atomic mass is 9.86. The number of carbonyl (C=O) groups is 2. The van der Waals surface area contributed by atoms with Crippen molar-refractivity contribution in [2.24, 2.45) is 0 Å². The first kappa shape index (κ1) is 32.2. The smallest absolute Gasteiger partial charge is 0.261 e. The van der Waals surface area contributed by atoms with Gasteiger partial charge in [0.1, 0.15) is 6.04 Å². The van der Waals surface area contributed by atoms with Gasteiger partial charge in [-0.3, -0.25) is 9.59 Å². The molecule has 0 unspecified atom stereocenters. The van der Waals surface area contributed by atoms with Gasteiger partial charge in [0.2, 0.25) is 11.7 Å². The predicted molar refractivity (Wildman–Crippen MR) is 176 cm³/mol. The number of carbonyl (C=O) groups excluding carboxylic acids is 2. The number of aromatic nitrogens is 4. The molecule has 5 aromatic rings. The Labute approximate surface area is 268 Å². The van der Waals surface area contributed by atoms with Crippen molar-refractivity contribution in [1.29, 1.82) is 0 Å². The lowest BCUT2D eigenvalue weighted by molar-refractivity contribution is -0.123. The van der Waals surface area contributed by atoms with Gasteiger partial charge in [-0.1, -0.05) is 86.1 Å². The van der Waals surface area contributed by atoms with Gasteiger partial charge in [-0.2, -0.15) is 4.98 Å². The van der Waals surface area contributed by atoms with E-state index in [0.717, 1.165) is 27.8 Å². The molecule has 3 aromatic carbocycles. The first-order chi connectivity index (χ1) is 22.1. The SMILES string of the molecule is Cc1cccc(-c2noc(-c3cnc(-c4ccc(C[C@H](NC(=O)c5ccc(C(C)(C)C)cc5)C(=O)NCCCO)cc4)nc3)n2)c1. The zero-order valence-corrected chi connectivity index (χ0v) is 26.4. The van der Waals surface area contributed by atoms with Crippen molar-refractivity contribution in [2.45, 2.75) is 52.0 Å². The summed E-state index contributed by atoms with van der Waals surface area (Å²) >= 11 is 0. The standard InChI is InChI=1S/C36H38N6O4/c1-23-7-5-8-27(19-23)32-41-35(46-42-32)28-21-38-31(39-22-28)25-11-9-24(10-12-25)20-30(34(45)37-17-6-18-43)40-33(44)26-13-15-29(16-14-26)36(2,3)4/h5,7-16,19,21-22,30,43H,6,17-18,20H2,1-4H3,(H,37,45)(H,40,44)/t30-/m0/s1. The van der Waals surface area contributed by atoms with E-state index < -0.39 is 6.04 Å². The third-order valence-corrected chi connectivity index (χ3v) is 7.52. The number of rotatable bonds is 11. The zero-order valence-electron chi connectivity index (χ0n) is 26.4. The van der Waals surface area contributed by atoms with E-state index in [0.29, 0.717) is 41.6 Å². The van der Waals surface area contributed by atoms with Gasteiger partial charge in [-0.25, -0.2) is 9.97 Å². The van der Waals surface area contributed by atoms with Crippen LogP contribution in [0, 0.1) is 6.92 Å². The van der Waals surface area contributed by atoms with Crippen molar-refractivity contribution < 1.29 is 19.2 Å². The molecule has 10 heteroatoms. The lowest BCUT2D eigenvalue weighted by Crippen LogP contribution is -2.48. The monoisotopic (exact) mass is 618 g/mol. The molecular weight excluding hydrogens is 580 g/mol. The van der Waals surface area contributed by atoms with Crippen molar-refractivity contribution in [2.75, 3.05) is 13.2 Å². The molecule has 0 fully saturated rings. The highest BCUT2D eigenvalue weighted by Crippen LogP contribution is 2.24. The summed E-state index contributed by atoms with van der Waals surface area (Å²) in [7, 11) is 0. The molecule has 2 heterocycles. The third kappa shape index (κ3) is 8.08. The molecule has 0 saturated carbocycles. The molecule has 0 saturated heterocycles. The van der Waals surface area contributed by atoms with Crippen LogP contribution in [0.15, 0.2) is 89.7 Å². The maximum atomic E-state index is 13.1. The predicted octanol–water partition coefficient (Wildman–Crippen LogP) is 5.31. The number of hydrogen-bond donors (Lipinski definition) is 3. The summed E-state index contributed by atoms with van der Waals surface area (Å²) in [6.07, 6.45) is 3.98. The Morgan fingerprint density at radius 2 is 1.61 bits per heavy atom. The van der Waals surface area contributed by atoms with Gasteiger partial charge in [0.25, 0.3) is 11.8 Å². The van der Waals surface area contributed by atoms with Crippen LogP contribution >= 0.6 is 0 Å². The van der Waals surface area contributed by atoms with E-state index >= 15 is 0 Å². The molecule has 0 aliphatic carbocycles. The molecule has 0 aliphatic heterocycles. The second-order valence-electron chi connectivity index (χ2n) is 12.2. The number of aryl methyl sites for hydroxylation is 1. The van der Waals surface area contributed by atoms with Crippen LogP contribution in [0.3, 0.4) is 0 Å². The number of benzene rings is 3. The van der Waals surface area contributed by atoms with E-state index in [1.165, 1.54) is 0 Å². The largest absolute Gasteiger partial charge is 0.396 e. The second kappa shape index (κ2) is 14.3. The molecule has 3 N–H and O–H groups in total. The molecule has 2 aromatic heterocycles. The highest BCUT2D eigenvalue weighted by molar-refractivity contribution is 5.97. The Kier molecular flexibility index (Phi) is 9.97. The van der Waals surface area contributed by atoms with Gasteiger partial charge < -0.3 is 20.3 Å². The van der Waals surface area contributed by atoms with Gasteiger partial charge in [-0.05, 0) is 48.1 Å². The van der Waals surface area contributed by atoms with Crippen LogP contribution in [-0.2, 0) is 16.6 Å². The quantitative estimate of drug-likeness (QED) is 0.169.